The number of nitriles is 2. The highest BCUT2D eigenvalue weighted by Crippen LogP contribution is 2.26. The minimum atomic E-state index is -0.718. The average Bonchev–Trinajstić information content (AvgIpc) is 3.04. The zero-order chi connectivity index (χ0) is 18.4. The van der Waals surface area contributed by atoms with Crippen molar-refractivity contribution in [3.05, 3.63) is 44.8 Å². The van der Waals surface area contributed by atoms with Gasteiger partial charge in [-0.1, -0.05) is 0 Å². The maximum atomic E-state index is 11.6. The van der Waals surface area contributed by atoms with Gasteiger partial charge < -0.3 is 15.0 Å². The number of nitrogens with zero attached hydrogens (tertiary/aromatic N) is 3. The zero-order valence-corrected chi connectivity index (χ0v) is 14.2. The number of nitrogens with one attached hydrogen (secondary N) is 2. The van der Waals surface area contributed by atoms with Crippen molar-refractivity contribution in [3.63, 3.8) is 0 Å². The van der Waals surface area contributed by atoms with Crippen LogP contribution >= 0.6 is 11.3 Å². The fraction of sp³-hybridized carbons (Fsp3) is 0.188. The molecule has 126 valence electrons. The van der Waals surface area contributed by atoms with E-state index >= 15 is 0 Å². The summed E-state index contributed by atoms with van der Waals surface area (Å²) in [6.45, 7) is 3.53. The Morgan fingerprint density at radius 2 is 2.28 bits per heavy atom. The van der Waals surface area contributed by atoms with Gasteiger partial charge in [0, 0.05) is 22.8 Å². The molecule has 2 rings (SSSR count). The van der Waals surface area contributed by atoms with Crippen LogP contribution < -0.4 is 10.9 Å². The Morgan fingerprint density at radius 1 is 1.52 bits per heavy atom. The molecule has 0 spiro atoms. The lowest BCUT2D eigenvalue weighted by molar-refractivity contribution is -0.138. The predicted molar refractivity (Wildman–Crippen MR) is 91.6 cm³/mol. The minimum absolute atomic E-state index is 0.00270. The van der Waals surface area contributed by atoms with Crippen molar-refractivity contribution in [3.8, 4) is 23.4 Å². The Labute approximate surface area is 147 Å². The first kappa shape index (κ1) is 17.9. The topological polar surface area (TPSA) is 132 Å². The molecule has 2 aromatic heterocycles. The van der Waals surface area contributed by atoms with Gasteiger partial charge in [-0.25, -0.2) is 9.78 Å². The number of pyridine rings is 1. The molecule has 0 saturated carbocycles. The molecule has 0 radical (unpaired) electrons. The van der Waals surface area contributed by atoms with Gasteiger partial charge in [-0.05, 0) is 19.9 Å². The first-order valence-corrected chi connectivity index (χ1v) is 8.02. The normalized spacial score (nSPS) is 10.6. The molecule has 0 aliphatic carbocycles. The molecule has 0 amide bonds. The van der Waals surface area contributed by atoms with Gasteiger partial charge in [0.05, 0.1) is 12.3 Å². The van der Waals surface area contributed by atoms with Gasteiger partial charge in [0.15, 0.2) is 10.7 Å². The van der Waals surface area contributed by atoms with Gasteiger partial charge in [-0.2, -0.15) is 10.5 Å². The fourth-order valence-corrected chi connectivity index (χ4v) is 2.60. The number of thiazole rings is 1. The van der Waals surface area contributed by atoms with Gasteiger partial charge in [-0.15, -0.1) is 11.3 Å². The largest absolute Gasteiger partial charge is 0.462 e. The van der Waals surface area contributed by atoms with Crippen molar-refractivity contribution >= 4 is 22.4 Å². The molecule has 9 heteroatoms. The second-order valence-corrected chi connectivity index (χ2v) is 5.59. The molecule has 0 saturated heterocycles. The molecular formula is C16H13N5O3S. The summed E-state index contributed by atoms with van der Waals surface area (Å²) in [6.07, 6.45) is 1.22. The first-order chi connectivity index (χ1) is 12.0. The summed E-state index contributed by atoms with van der Waals surface area (Å²) in [5.41, 5.74) is 1.13. The number of carbonyl (C=O) groups is 1. The van der Waals surface area contributed by atoms with Crippen LogP contribution in [0.3, 0.4) is 0 Å². The molecule has 0 aromatic carbocycles. The summed E-state index contributed by atoms with van der Waals surface area (Å²) in [7, 11) is 0. The molecule has 0 aliphatic heterocycles. The second kappa shape index (κ2) is 7.90. The number of rotatable bonds is 5. The van der Waals surface area contributed by atoms with Gasteiger partial charge in [0.25, 0.3) is 5.56 Å². The van der Waals surface area contributed by atoms with Crippen molar-refractivity contribution < 1.29 is 9.53 Å². The van der Waals surface area contributed by atoms with Crippen LogP contribution in [0.4, 0.5) is 5.13 Å². The van der Waals surface area contributed by atoms with Gasteiger partial charge in [0.2, 0.25) is 0 Å². The van der Waals surface area contributed by atoms with E-state index in [0.29, 0.717) is 22.1 Å². The van der Waals surface area contributed by atoms with Crippen molar-refractivity contribution in [2.24, 2.45) is 0 Å². The summed E-state index contributed by atoms with van der Waals surface area (Å²) in [4.78, 5) is 30.1. The lowest BCUT2D eigenvalue weighted by Gasteiger charge is -2.02. The van der Waals surface area contributed by atoms with Crippen LogP contribution in [0.15, 0.2) is 28.0 Å². The van der Waals surface area contributed by atoms with E-state index in [1.165, 1.54) is 23.6 Å². The van der Waals surface area contributed by atoms with E-state index in [1.54, 1.807) is 25.3 Å². The highest BCUT2D eigenvalue weighted by molar-refractivity contribution is 7.14. The number of ether oxygens (including phenoxy) is 1. The number of aryl methyl sites for hydroxylation is 1. The second-order valence-electron chi connectivity index (χ2n) is 4.74. The lowest BCUT2D eigenvalue weighted by Crippen LogP contribution is -2.12. The lowest BCUT2D eigenvalue weighted by atomic mass is 10.1. The Bertz CT molecular complexity index is 975. The van der Waals surface area contributed by atoms with E-state index in [2.05, 4.69) is 15.3 Å². The first-order valence-electron chi connectivity index (χ1n) is 7.14. The van der Waals surface area contributed by atoms with Crippen LogP contribution in [0.1, 0.15) is 18.2 Å². The molecule has 0 bridgehead atoms. The molecule has 0 unspecified atom stereocenters. The number of anilines is 1. The van der Waals surface area contributed by atoms with Crippen LogP contribution in [0.5, 0.6) is 0 Å². The molecular weight excluding hydrogens is 342 g/mol. The third-order valence-corrected chi connectivity index (χ3v) is 3.87. The number of H-pyrrole nitrogens is 1. The summed E-state index contributed by atoms with van der Waals surface area (Å²) in [6, 6.07) is 5.06. The van der Waals surface area contributed by atoms with Gasteiger partial charge in [-0.3, -0.25) is 4.79 Å². The minimum Gasteiger partial charge on any atom is -0.462 e. The third kappa shape index (κ3) is 4.10. The molecule has 0 atom stereocenters. The van der Waals surface area contributed by atoms with Gasteiger partial charge in [0.1, 0.15) is 17.7 Å². The van der Waals surface area contributed by atoms with Crippen molar-refractivity contribution in [2.75, 3.05) is 11.9 Å². The van der Waals surface area contributed by atoms with Crippen LogP contribution in [0, 0.1) is 29.6 Å². The molecule has 0 aliphatic rings. The van der Waals surface area contributed by atoms with Crippen molar-refractivity contribution in [1.82, 2.24) is 9.97 Å². The highest BCUT2D eigenvalue weighted by atomic mass is 32.1. The predicted octanol–water partition coefficient (Wildman–Crippen LogP) is 2.06. The van der Waals surface area contributed by atoms with Crippen molar-refractivity contribution in [1.29, 1.82) is 10.5 Å². The number of aromatic amines is 1. The smallest absolute Gasteiger partial charge is 0.350 e. The molecule has 0 fully saturated rings. The maximum absolute atomic E-state index is 11.6. The summed E-state index contributed by atoms with van der Waals surface area (Å²) < 4.78 is 4.76. The molecule has 2 aromatic rings. The quantitative estimate of drug-likeness (QED) is 0.476. The number of aromatic nitrogens is 2. The van der Waals surface area contributed by atoms with Crippen LogP contribution in [-0.2, 0) is 9.53 Å². The maximum Gasteiger partial charge on any atom is 0.350 e. The Balaban J connectivity index is 2.27. The van der Waals surface area contributed by atoms with Crippen molar-refractivity contribution in [2.45, 2.75) is 13.8 Å². The third-order valence-electron chi connectivity index (χ3n) is 3.09. The van der Waals surface area contributed by atoms with E-state index in [1.807, 2.05) is 6.07 Å². The number of esters is 1. The van der Waals surface area contributed by atoms with E-state index < -0.39 is 11.5 Å². The monoisotopic (exact) mass is 355 g/mol. The average molecular weight is 355 g/mol. The Hall–Kier alpha value is -3.43. The highest BCUT2D eigenvalue weighted by Gasteiger charge is 2.12. The van der Waals surface area contributed by atoms with E-state index in [-0.39, 0.29) is 17.7 Å². The zero-order valence-electron chi connectivity index (χ0n) is 13.4. The van der Waals surface area contributed by atoms with Gasteiger partial charge >= 0.3 is 5.97 Å². The summed E-state index contributed by atoms with van der Waals surface area (Å²) in [5.74, 6) is -0.718. The number of hydrogen-bond acceptors (Lipinski definition) is 8. The molecule has 8 nitrogen and oxygen atoms in total. The van der Waals surface area contributed by atoms with E-state index in [4.69, 9.17) is 15.3 Å². The SMILES string of the molecule is CCOC(=O)/C(C#N)=C/Nc1nc(-c2cc(C#N)c(=O)[nH]c2C)cs1. The fourth-order valence-electron chi connectivity index (χ4n) is 1.92. The Morgan fingerprint density at radius 3 is 2.92 bits per heavy atom. The van der Waals surface area contributed by atoms with Crippen LogP contribution in [-0.4, -0.2) is 22.5 Å². The van der Waals surface area contributed by atoms with E-state index in [9.17, 15) is 9.59 Å². The standard InChI is InChI=1S/C16H13N5O3S/c1-3-24-15(23)11(6-18)7-19-16-21-13(8-25-16)12-4-10(5-17)14(22)20-9(12)2/h4,7-8H,3H2,1-2H3,(H,19,21)(H,20,22)/b11-7+. The summed E-state index contributed by atoms with van der Waals surface area (Å²) in [5, 5.41) is 22.9. The number of hydrogen-bond donors (Lipinski definition) is 2. The molecule has 2 N–H and O–H groups in total. The van der Waals surface area contributed by atoms with Crippen LogP contribution in [0.25, 0.3) is 11.3 Å². The summed E-state index contributed by atoms with van der Waals surface area (Å²) >= 11 is 1.25. The Kier molecular flexibility index (Phi) is 5.66. The molecule has 2 heterocycles. The van der Waals surface area contributed by atoms with Crippen LogP contribution in [0.2, 0.25) is 0 Å². The van der Waals surface area contributed by atoms with E-state index in [0.717, 1.165) is 0 Å². The molecule has 25 heavy (non-hydrogen) atoms. The number of carbonyl (C=O) groups excluding carboxylic acids is 1.